The quantitative estimate of drug-likeness (QED) is 0.895. The molecule has 1 unspecified atom stereocenters. The van der Waals surface area contributed by atoms with Crippen LogP contribution < -0.4 is 4.90 Å². The van der Waals surface area contributed by atoms with Gasteiger partial charge in [-0.25, -0.2) is 8.42 Å². The first-order valence-electron chi connectivity index (χ1n) is 5.80. The van der Waals surface area contributed by atoms with Crippen LogP contribution in [0.3, 0.4) is 0 Å². The Balaban J connectivity index is 2.38. The van der Waals surface area contributed by atoms with Gasteiger partial charge in [0.25, 0.3) is 0 Å². The molecule has 2 rings (SSSR count). The van der Waals surface area contributed by atoms with Crippen molar-refractivity contribution < 1.29 is 13.5 Å². The molecule has 1 atom stereocenters. The summed E-state index contributed by atoms with van der Waals surface area (Å²) in [5.74, 6) is 0.260. The van der Waals surface area contributed by atoms with E-state index < -0.39 is 9.84 Å². The second-order valence-corrected chi connectivity index (χ2v) is 7.20. The summed E-state index contributed by atoms with van der Waals surface area (Å²) in [6, 6.07) is 5.21. The van der Waals surface area contributed by atoms with Crippen LogP contribution >= 0.6 is 11.6 Å². The number of sulfone groups is 1. The smallest absolute Gasteiger partial charge is 0.154 e. The molecule has 0 spiro atoms. The van der Waals surface area contributed by atoms with E-state index >= 15 is 0 Å². The Kier molecular flexibility index (Phi) is 3.84. The minimum Gasteiger partial charge on any atom is -0.392 e. The molecular formula is C12H16ClNO3S. The van der Waals surface area contributed by atoms with E-state index in [1.54, 1.807) is 18.2 Å². The minimum atomic E-state index is -2.95. The van der Waals surface area contributed by atoms with Gasteiger partial charge >= 0.3 is 0 Å². The maximum Gasteiger partial charge on any atom is 0.154 e. The Bertz CT molecular complexity index is 544. The Labute approximate surface area is 112 Å². The summed E-state index contributed by atoms with van der Waals surface area (Å²) >= 11 is 6.18. The molecule has 1 fully saturated rings. The Morgan fingerprint density at radius 2 is 2.22 bits per heavy atom. The summed E-state index contributed by atoms with van der Waals surface area (Å²) in [6.07, 6.45) is 0. The van der Waals surface area contributed by atoms with Crippen LogP contribution in [0.2, 0.25) is 5.02 Å². The van der Waals surface area contributed by atoms with Gasteiger partial charge in [-0.2, -0.15) is 0 Å². The SMILES string of the molecule is CC1CS(=O)(=O)CCN1c1c(Cl)cccc1CO. The van der Waals surface area contributed by atoms with E-state index in [4.69, 9.17) is 11.6 Å². The van der Waals surface area contributed by atoms with Crippen LogP contribution in [0.25, 0.3) is 0 Å². The normalized spacial score (nSPS) is 23.1. The number of benzene rings is 1. The van der Waals surface area contributed by atoms with Crippen molar-refractivity contribution in [1.29, 1.82) is 0 Å². The number of rotatable bonds is 2. The number of aliphatic hydroxyl groups is 1. The predicted molar refractivity (Wildman–Crippen MR) is 72.8 cm³/mol. The third kappa shape index (κ3) is 2.63. The molecule has 0 aromatic heterocycles. The maximum atomic E-state index is 11.6. The fourth-order valence-corrected chi connectivity index (χ4v) is 4.20. The third-order valence-corrected chi connectivity index (χ3v) is 5.30. The van der Waals surface area contributed by atoms with Crippen LogP contribution in [0.5, 0.6) is 0 Å². The lowest BCUT2D eigenvalue weighted by Gasteiger charge is -2.36. The average molecular weight is 290 g/mol. The number of hydrogen-bond acceptors (Lipinski definition) is 4. The van der Waals surface area contributed by atoms with Gasteiger partial charge in [0.2, 0.25) is 0 Å². The largest absolute Gasteiger partial charge is 0.392 e. The predicted octanol–water partition coefficient (Wildman–Crippen LogP) is 1.46. The van der Waals surface area contributed by atoms with E-state index in [-0.39, 0.29) is 24.2 Å². The Hall–Kier alpha value is -0.780. The summed E-state index contributed by atoms with van der Waals surface area (Å²) < 4.78 is 23.1. The van der Waals surface area contributed by atoms with E-state index in [0.717, 1.165) is 11.3 Å². The number of aliphatic hydroxyl groups excluding tert-OH is 1. The molecule has 1 saturated heterocycles. The van der Waals surface area contributed by atoms with E-state index in [0.29, 0.717) is 11.6 Å². The molecule has 1 heterocycles. The van der Waals surface area contributed by atoms with Crippen molar-refractivity contribution in [2.45, 2.75) is 19.6 Å². The highest BCUT2D eigenvalue weighted by Gasteiger charge is 2.30. The molecule has 1 N–H and O–H groups in total. The van der Waals surface area contributed by atoms with Crippen molar-refractivity contribution in [3.63, 3.8) is 0 Å². The molecule has 1 aromatic rings. The average Bonchev–Trinajstić information content (AvgIpc) is 2.29. The van der Waals surface area contributed by atoms with Crippen molar-refractivity contribution in [2.24, 2.45) is 0 Å². The zero-order valence-electron chi connectivity index (χ0n) is 10.1. The van der Waals surface area contributed by atoms with Crippen LogP contribution in [0.15, 0.2) is 18.2 Å². The molecular weight excluding hydrogens is 274 g/mol. The highest BCUT2D eigenvalue weighted by molar-refractivity contribution is 7.91. The van der Waals surface area contributed by atoms with Crippen LogP contribution in [0.1, 0.15) is 12.5 Å². The van der Waals surface area contributed by atoms with Gasteiger partial charge in [0.1, 0.15) is 0 Å². The standard InChI is InChI=1S/C12H16ClNO3S/c1-9-8-18(16,17)6-5-14(9)12-10(7-15)3-2-4-11(12)13/h2-4,9,15H,5-8H2,1H3. The monoisotopic (exact) mass is 289 g/mol. The Morgan fingerprint density at radius 1 is 1.50 bits per heavy atom. The molecule has 100 valence electrons. The van der Waals surface area contributed by atoms with Gasteiger partial charge in [-0.05, 0) is 13.0 Å². The number of hydrogen-bond donors (Lipinski definition) is 1. The molecule has 18 heavy (non-hydrogen) atoms. The summed E-state index contributed by atoms with van der Waals surface area (Å²) in [5.41, 5.74) is 1.48. The first-order chi connectivity index (χ1) is 8.44. The number of halogens is 1. The third-order valence-electron chi connectivity index (χ3n) is 3.20. The number of anilines is 1. The van der Waals surface area contributed by atoms with Crippen molar-refractivity contribution in [3.05, 3.63) is 28.8 Å². The fraction of sp³-hybridized carbons (Fsp3) is 0.500. The topological polar surface area (TPSA) is 57.6 Å². The van der Waals surface area contributed by atoms with E-state index in [2.05, 4.69) is 0 Å². The summed E-state index contributed by atoms with van der Waals surface area (Å²) in [4.78, 5) is 1.97. The Morgan fingerprint density at radius 3 is 2.83 bits per heavy atom. The van der Waals surface area contributed by atoms with Crippen molar-refractivity contribution in [2.75, 3.05) is 23.0 Å². The van der Waals surface area contributed by atoms with Crippen LogP contribution in [0, 0.1) is 0 Å². The summed E-state index contributed by atoms with van der Waals surface area (Å²) in [7, 11) is -2.95. The van der Waals surface area contributed by atoms with Crippen molar-refractivity contribution in [1.82, 2.24) is 0 Å². The first-order valence-corrected chi connectivity index (χ1v) is 8.00. The summed E-state index contributed by atoms with van der Waals surface area (Å²) in [6.45, 7) is 2.17. The molecule has 1 aromatic carbocycles. The van der Waals surface area contributed by atoms with Crippen LogP contribution in [0.4, 0.5) is 5.69 Å². The highest BCUT2D eigenvalue weighted by atomic mass is 35.5. The van der Waals surface area contributed by atoms with Crippen LogP contribution in [-0.2, 0) is 16.4 Å². The van der Waals surface area contributed by atoms with E-state index in [9.17, 15) is 13.5 Å². The highest BCUT2D eigenvalue weighted by Crippen LogP contribution is 2.33. The number of nitrogens with zero attached hydrogens (tertiary/aromatic N) is 1. The molecule has 0 amide bonds. The second-order valence-electron chi connectivity index (χ2n) is 4.56. The zero-order valence-corrected chi connectivity index (χ0v) is 11.7. The van der Waals surface area contributed by atoms with Gasteiger partial charge in [0.15, 0.2) is 9.84 Å². The zero-order chi connectivity index (χ0) is 13.3. The van der Waals surface area contributed by atoms with Crippen LogP contribution in [-0.4, -0.2) is 37.6 Å². The lowest BCUT2D eigenvalue weighted by atomic mass is 10.1. The van der Waals surface area contributed by atoms with Crippen molar-refractivity contribution in [3.8, 4) is 0 Å². The lowest BCUT2D eigenvalue weighted by Crippen LogP contribution is -2.47. The summed E-state index contributed by atoms with van der Waals surface area (Å²) in [5, 5.41) is 9.91. The van der Waals surface area contributed by atoms with Gasteiger partial charge < -0.3 is 10.0 Å². The first kappa shape index (κ1) is 13.6. The van der Waals surface area contributed by atoms with Crippen molar-refractivity contribution >= 4 is 27.1 Å². The van der Waals surface area contributed by atoms with Gasteiger partial charge in [-0.15, -0.1) is 0 Å². The van der Waals surface area contributed by atoms with Gasteiger partial charge in [-0.3, -0.25) is 0 Å². The maximum absolute atomic E-state index is 11.6. The number of para-hydroxylation sites is 1. The minimum absolute atomic E-state index is 0.105. The molecule has 1 aliphatic heterocycles. The van der Waals surface area contributed by atoms with E-state index in [1.165, 1.54) is 0 Å². The molecule has 0 aliphatic carbocycles. The molecule has 1 aliphatic rings. The van der Waals surface area contributed by atoms with Gasteiger partial charge in [0.05, 0.1) is 28.8 Å². The van der Waals surface area contributed by atoms with Gasteiger partial charge in [-0.1, -0.05) is 23.7 Å². The fourth-order valence-electron chi connectivity index (χ4n) is 2.34. The molecule has 0 bridgehead atoms. The lowest BCUT2D eigenvalue weighted by molar-refractivity contribution is 0.282. The second kappa shape index (κ2) is 5.07. The molecule has 0 radical (unpaired) electrons. The molecule has 0 saturated carbocycles. The molecule has 6 heteroatoms. The van der Waals surface area contributed by atoms with E-state index in [1.807, 2.05) is 11.8 Å². The molecule has 4 nitrogen and oxygen atoms in total. The van der Waals surface area contributed by atoms with Gasteiger partial charge in [0, 0.05) is 18.2 Å².